The number of rotatable bonds is 7. The number of hydrogen-bond acceptors (Lipinski definition) is 5. The van der Waals surface area contributed by atoms with Crippen molar-refractivity contribution in [2.75, 3.05) is 38.6 Å². The molecule has 1 fully saturated rings. The Balaban J connectivity index is 1.81. The number of nitrogens with one attached hydrogen (secondary N) is 1. The molecule has 0 unspecified atom stereocenters. The molecular weight excluding hydrogens is 382 g/mol. The fourth-order valence-electron chi connectivity index (χ4n) is 3.15. The highest BCUT2D eigenvalue weighted by molar-refractivity contribution is 6.30. The van der Waals surface area contributed by atoms with Crippen LogP contribution in [0.5, 0.6) is 0 Å². The first-order valence-corrected chi connectivity index (χ1v) is 9.90. The molecular formula is C20H28ClN3O4. The van der Waals surface area contributed by atoms with Crippen LogP contribution in [-0.2, 0) is 19.1 Å². The Hall–Kier alpha value is -2.12. The van der Waals surface area contributed by atoms with Crippen LogP contribution in [0, 0.1) is 5.92 Å². The first-order valence-electron chi connectivity index (χ1n) is 9.53. The molecule has 28 heavy (non-hydrogen) atoms. The molecule has 1 aliphatic rings. The number of carbonyl (C=O) groups excluding carboxylic acids is 3. The van der Waals surface area contributed by atoms with Gasteiger partial charge in [0.2, 0.25) is 11.8 Å². The Labute approximate surface area is 171 Å². The van der Waals surface area contributed by atoms with Crippen LogP contribution in [0.15, 0.2) is 24.3 Å². The number of likely N-dealkylation sites (N-methyl/N-ethyl adjacent to an activating group) is 1. The molecule has 0 bridgehead atoms. The van der Waals surface area contributed by atoms with E-state index in [-0.39, 0.29) is 30.2 Å². The molecule has 1 saturated heterocycles. The van der Waals surface area contributed by atoms with Gasteiger partial charge in [-0.1, -0.05) is 11.6 Å². The summed E-state index contributed by atoms with van der Waals surface area (Å²) in [6.07, 6.45) is 1.22. The molecule has 154 valence electrons. The number of likely N-dealkylation sites (tertiary alicyclic amines) is 1. The second kappa shape index (κ2) is 10.4. The van der Waals surface area contributed by atoms with Gasteiger partial charge in [-0.05, 0) is 58.0 Å². The summed E-state index contributed by atoms with van der Waals surface area (Å²) in [5, 5.41) is 3.39. The molecule has 0 radical (unpaired) electrons. The van der Waals surface area contributed by atoms with Gasteiger partial charge in [0.05, 0.1) is 25.1 Å². The van der Waals surface area contributed by atoms with Gasteiger partial charge in [0.15, 0.2) is 0 Å². The standard InChI is InChI=1S/C20H28ClN3O4/c1-4-28-20(27)15-9-11-24(12-10-15)19(26)14(2)23(3)13-18(25)22-17-7-5-16(21)6-8-17/h5-8,14-15H,4,9-13H2,1-3H3,(H,22,25)/t14-/m0/s1. The number of halogens is 1. The molecule has 7 nitrogen and oxygen atoms in total. The van der Waals surface area contributed by atoms with Crippen molar-refractivity contribution in [1.29, 1.82) is 0 Å². The number of ether oxygens (including phenoxy) is 1. The summed E-state index contributed by atoms with van der Waals surface area (Å²) < 4.78 is 5.06. The topological polar surface area (TPSA) is 79.0 Å². The average Bonchev–Trinajstić information content (AvgIpc) is 2.68. The van der Waals surface area contributed by atoms with Crippen molar-refractivity contribution in [2.45, 2.75) is 32.7 Å². The maximum atomic E-state index is 12.7. The molecule has 1 heterocycles. The SMILES string of the molecule is CCOC(=O)C1CCN(C(=O)[C@H](C)N(C)CC(=O)Nc2ccc(Cl)cc2)CC1. The highest BCUT2D eigenvalue weighted by Crippen LogP contribution is 2.20. The third-order valence-corrected chi connectivity index (χ3v) is 5.22. The van der Waals surface area contributed by atoms with Gasteiger partial charge in [-0.2, -0.15) is 0 Å². The number of esters is 1. The van der Waals surface area contributed by atoms with Gasteiger partial charge < -0.3 is 15.0 Å². The van der Waals surface area contributed by atoms with Crippen molar-refractivity contribution < 1.29 is 19.1 Å². The van der Waals surface area contributed by atoms with E-state index in [4.69, 9.17) is 16.3 Å². The van der Waals surface area contributed by atoms with Crippen LogP contribution in [0.2, 0.25) is 5.02 Å². The molecule has 1 N–H and O–H groups in total. The zero-order valence-electron chi connectivity index (χ0n) is 16.6. The van der Waals surface area contributed by atoms with E-state index in [0.29, 0.717) is 43.2 Å². The minimum absolute atomic E-state index is 0.0379. The molecule has 0 saturated carbocycles. The summed E-state index contributed by atoms with van der Waals surface area (Å²) in [6, 6.07) is 6.42. The van der Waals surface area contributed by atoms with E-state index in [2.05, 4.69) is 5.32 Å². The van der Waals surface area contributed by atoms with Gasteiger partial charge in [0, 0.05) is 23.8 Å². The lowest BCUT2D eigenvalue weighted by Gasteiger charge is -2.34. The smallest absolute Gasteiger partial charge is 0.309 e. The Kier molecular flexibility index (Phi) is 8.26. The van der Waals surface area contributed by atoms with Gasteiger partial charge in [-0.25, -0.2) is 0 Å². The number of anilines is 1. The molecule has 2 amide bonds. The maximum absolute atomic E-state index is 12.7. The first kappa shape index (κ1) is 22.2. The summed E-state index contributed by atoms with van der Waals surface area (Å²) in [7, 11) is 1.75. The monoisotopic (exact) mass is 409 g/mol. The lowest BCUT2D eigenvalue weighted by Crippen LogP contribution is -2.50. The lowest BCUT2D eigenvalue weighted by atomic mass is 9.96. The van der Waals surface area contributed by atoms with Crippen molar-refractivity contribution in [3.05, 3.63) is 29.3 Å². The van der Waals surface area contributed by atoms with Gasteiger partial charge in [-0.15, -0.1) is 0 Å². The quantitative estimate of drug-likeness (QED) is 0.699. The largest absolute Gasteiger partial charge is 0.466 e. The Morgan fingerprint density at radius 1 is 1.25 bits per heavy atom. The second-order valence-corrected chi connectivity index (χ2v) is 7.43. The highest BCUT2D eigenvalue weighted by Gasteiger charge is 2.31. The van der Waals surface area contributed by atoms with Crippen LogP contribution >= 0.6 is 11.6 Å². The summed E-state index contributed by atoms with van der Waals surface area (Å²) >= 11 is 5.84. The number of amides is 2. The third-order valence-electron chi connectivity index (χ3n) is 4.97. The van der Waals surface area contributed by atoms with Crippen LogP contribution in [0.1, 0.15) is 26.7 Å². The van der Waals surface area contributed by atoms with Gasteiger partial charge in [0.25, 0.3) is 0 Å². The van der Waals surface area contributed by atoms with Gasteiger partial charge >= 0.3 is 5.97 Å². The first-order chi connectivity index (χ1) is 13.3. The van der Waals surface area contributed by atoms with E-state index >= 15 is 0 Å². The number of nitrogens with zero attached hydrogens (tertiary/aromatic N) is 2. The summed E-state index contributed by atoms with van der Waals surface area (Å²) in [6.45, 7) is 5.09. The molecule has 8 heteroatoms. The average molecular weight is 410 g/mol. The van der Waals surface area contributed by atoms with Crippen LogP contribution in [0.25, 0.3) is 0 Å². The van der Waals surface area contributed by atoms with Crippen molar-refractivity contribution >= 4 is 35.1 Å². The van der Waals surface area contributed by atoms with Crippen molar-refractivity contribution in [2.24, 2.45) is 5.92 Å². The van der Waals surface area contributed by atoms with E-state index in [9.17, 15) is 14.4 Å². The maximum Gasteiger partial charge on any atom is 0.309 e. The zero-order chi connectivity index (χ0) is 20.7. The predicted molar refractivity (Wildman–Crippen MR) is 108 cm³/mol. The number of hydrogen-bond donors (Lipinski definition) is 1. The van der Waals surface area contributed by atoms with Gasteiger partial charge in [0.1, 0.15) is 0 Å². The molecule has 1 atom stereocenters. The lowest BCUT2D eigenvalue weighted by molar-refractivity contribution is -0.152. The van der Waals surface area contributed by atoms with Gasteiger partial charge in [-0.3, -0.25) is 19.3 Å². The normalized spacial score (nSPS) is 16.0. The van der Waals surface area contributed by atoms with E-state index < -0.39 is 6.04 Å². The summed E-state index contributed by atoms with van der Waals surface area (Å²) in [5.74, 6) is -0.560. The fourth-order valence-corrected chi connectivity index (χ4v) is 3.27. The van der Waals surface area contributed by atoms with Crippen molar-refractivity contribution in [3.63, 3.8) is 0 Å². The summed E-state index contributed by atoms with van der Waals surface area (Å²) in [5.41, 5.74) is 0.655. The van der Waals surface area contributed by atoms with E-state index in [0.717, 1.165) is 0 Å². The minimum Gasteiger partial charge on any atom is -0.466 e. The van der Waals surface area contributed by atoms with E-state index in [1.54, 1.807) is 55.0 Å². The van der Waals surface area contributed by atoms with Crippen molar-refractivity contribution in [1.82, 2.24) is 9.80 Å². The Morgan fingerprint density at radius 2 is 1.86 bits per heavy atom. The highest BCUT2D eigenvalue weighted by atomic mass is 35.5. The number of piperidine rings is 1. The Bertz CT molecular complexity index is 687. The third kappa shape index (κ3) is 6.21. The predicted octanol–water partition coefficient (Wildman–Crippen LogP) is 2.40. The van der Waals surface area contributed by atoms with Crippen molar-refractivity contribution in [3.8, 4) is 0 Å². The molecule has 1 aromatic rings. The molecule has 0 aromatic heterocycles. The number of carbonyl (C=O) groups is 3. The van der Waals surface area contributed by atoms with E-state index in [1.165, 1.54) is 0 Å². The minimum atomic E-state index is -0.435. The molecule has 2 rings (SSSR count). The van der Waals surface area contributed by atoms with E-state index in [1.807, 2.05) is 0 Å². The Morgan fingerprint density at radius 3 is 2.43 bits per heavy atom. The molecule has 1 aliphatic heterocycles. The summed E-state index contributed by atoms with van der Waals surface area (Å²) in [4.78, 5) is 40.3. The number of benzene rings is 1. The molecule has 1 aromatic carbocycles. The fraction of sp³-hybridized carbons (Fsp3) is 0.550. The second-order valence-electron chi connectivity index (χ2n) is 7.00. The van der Waals surface area contributed by atoms with Crippen LogP contribution in [-0.4, -0.2) is 66.9 Å². The van der Waals surface area contributed by atoms with Crippen LogP contribution < -0.4 is 5.32 Å². The zero-order valence-corrected chi connectivity index (χ0v) is 17.4. The molecule has 0 aliphatic carbocycles. The molecule has 0 spiro atoms. The van der Waals surface area contributed by atoms with Crippen LogP contribution in [0.3, 0.4) is 0 Å². The van der Waals surface area contributed by atoms with Crippen LogP contribution in [0.4, 0.5) is 5.69 Å².